The smallest absolute Gasteiger partial charge is 0.255 e. The highest BCUT2D eigenvalue weighted by Gasteiger charge is 2.08. The summed E-state index contributed by atoms with van der Waals surface area (Å²) in [6, 6.07) is 12.5. The van der Waals surface area contributed by atoms with Crippen LogP contribution in [0, 0.1) is 5.82 Å². The molecule has 0 fully saturated rings. The number of rotatable bonds is 6. The Morgan fingerprint density at radius 1 is 1.12 bits per heavy atom. The number of allylic oxidation sites excluding steroid dienone is 5. The summed E-state index contributed by atoms with van der Waals surface area (Å²) < 4.78 is 23.7. The summed E-state index contributed by atoms with van der Waals surface area (Å²) in [5, 5.41) is 2.73. The van der Waals surface area contributed by atoms with Crippen molar-refractivity contribution in [1.29, 1.82) is 0 Å². The largest absolute Gasteiger partial charge is 0.477 e. The minimum atomic E-state index is -0.345. The molecule has 0 atom stereocenters. The van der Waals surface area contributed by atoms with Crippen LogP contribution in [0.25, 0.3) is 0 Å². The van der Waals surface area contributed by atoms with Gasteiger partial charge in [0.15, 0.2) is 0 Å². The van der Waals surface area contributed by atoms with Gasteiger partial charge in [0.2, 0.25) is 5.88 Å². The summed E-state index contributed by atoms with van der Waals surface area (Å²) in [6.45, 7) is 2.55. The van der Waals surface area contributed by atoms with Crippen molar-refractivity contribution in [2.75, 3.05) is 11.9 Å². The van der Waals surface area contributed by atoms with Crippen LogP contribution in [0.2, 0.25) is 0 Å². The molecule has 0 radical (unpaired) electrons. The maximum atomic E-state index is 12.9. The molecule has 1 aliphatic carbocycles. The number of nitrogens with one attached hydrogen (secondary N) is 1. The highest BCUT2D eigenvalue weighted by atomic mass is 19.1. The number of hydrogen-bond donors (Lipinski definition) is 1. The average Bonchev–Trinajstić information content (AvgIpc) is 3.11. The highest BCUT2D eigenvalue weighted by molar-refractivity contribution is 6.04. The Morgan fingerprint density at radius 3 is 2.73 bits per heavy atom. The molecule has 1 amide bonds. The monoisotopic (exact) mass is 445 g/mol. The van der Waals surface area contributed by atoms with Crippen LogP contribution in [-0.2, 0) is 0 Å². The molecule has 0 aliphatic heterocycles. The van der Waals surface area contributed by atoms with Crippen molar-refractivity contribution in [2.45, 2.75) is 13.3 Å². The van der Waals surface area contributed by atoms with Crippen molar-refractivity contribution in [3.63, 3.8) is 0 Å². The second-order valence-corrected chi connectivity index (χ2v) is 6.70. The van der Waals surface area contributed by atoms with E-state index in [2.05, 4.69) is 15.3 Å². The van der Waals surface area contributed by atoms with Crippen LogP contribution >= 0.6 is 0 Å². The van der Waals surface area contributed by atoms with E-state index in [9.17, 15) is 9.18 Å². The maximum absolute atomic E-state index is 12.9. The zero-order valence-corrected chi connectivity index (χ0v) is 18.1. The number of halogens is 1. The fraction of sp³-hybridized carbons (Fsp3) is 0.115. The van der Waals surface area contributed by atoms with E-state index in [-0.39, 0.29) is 11.7 Å². The van der Waals surface area contributed by atoms with Crippen molar-refractivity contribution >= 4 is 11.6 Å². The number of nitrogens with zero attached hydrogens (tertiary/aromatic N) is 2. The van der Waals surface area contributed by atoms with Crippen molar-refractivity contribution in [2.24, 2.45) is 0 Å². The normalized spacial score (nSPS) is 12.0. The molecular formula is C26H24FN3O3. The lowest BCUT2D eigenvalue weighted by Crippen LogP contribution is -2.11. The molecule has 168 valence electrons. The molecule has 1 aliphatic rings. The van der Waals surface area contributed by atoms with E-state index >= 15 is 0 Å². The van der Waals surface area contributed by atoms with Gasteiger partial charge in [-0.25, -0.2) is 9.37 Å². The Bertz CT molecular complexity index is 1130. The van der Waals surface area contributed by atoms with Gasteiger partial charge >= 0.3 is 0 Å². The van der Waals surface area contributed by atoms with Crippen LogP contribution in [0.4, 0.5) is 10.1 Å². The third-order valence-corrected chi connectivity index (χ3v) is 4.22. The van der Waals surface area contributed by atoms with E-state index < -0.39 is 0 Å². The standard InChI is InChI=1S/C20H16FNO2.C6H8N2O/c21-16-10-12-17(13-11-16)22-20(23)15-6-5-9-19(14-15)24-18-7-3-1-2-4-8-18;1-2-9-6-5-7-3-4-8-6/h1,3-14H,2H2,(H,22,23);3-5H,2H2,1H3. The Labute approximate surface area is 192 Å². The molecule has 0 spiro atoms. The number of anilines is 1. The molecule has 3 aromatic rings. The second-order valence-electron chi connectivity index (χ2n) is 6.70. The van der Waals surface area contributed by atoms with Gasteiger partial charge in [-0.3, -0.25) is 9.78 Å². The van der Waals surface area contributed by atoms with Crippen LogP contribution < -0.4 is 14.8 Å². The Morgan fingerprint density at radius 2 is 1.97 bits per heavy atom. The first-order valence-corrected chi connectivity index (χ1v) is 10.4. The van der Waals surface area contributed by atoms with E-state index in [0.29, 0.717) is 35.2 Å². The molecule has 0 saturated heterocycles. The van der Waals surface area contributed by atoms with E-state index in [4.69, 9.17) is 9.47 Å². The van der Waals surface area contributed by atoms with Gasteiger partial charge in [0.1, 0.15) is 17.3 Å². The van der Waals surface area contributed by atoms with Crippen LogP contribution in [0.15, 0.2) is 103 Å². The lowest BCUT2D eigenvalue weighted by Gasteiger charge is -2.09. The second kappa shape index (κ2) is 12.6. The average molecular weight is 445 g/mol. The minimum Gasteiger partial charge on any atom is -0.477 e. The van der Waals surface area contributed by atoms with Gasteiger partial charge in [-0.05, 0) is 68.0 Å². The molecule has 1 N–H and O–H groups in total. The summed E-state index contributed by atoms with van der Waals surface area (Å²) in [5.74, 6) is 1.24. The molecule has 33 heavy (non-hydrogen) atoms. The van der Waals surface area contributed by atoms with Crippen molar-refractivity contribution in [3.8, 4) is 11.6 Å². The number of benzene rings is 2. The Hall–Kier alpha value is -4.26. The predicted octanol–water partition coefficient (Wildman–Crippen LogP) is 5.73. The van der Waals surface area contributed by atoms with Crippen molar-refractivity contribution < 1.29 is 18.7 Å². The molecule has 0 bridgehead atoms. The molecule has 7 heteroatoms. The van der Waals surface area contributed by atoms with Gasteiger partial charge in [0.25, 0.3) is 5.91 Å². The maximum Gasteiger partial charge on any atom is 0.255 e. The van der Waals surface area contributed by atoms with E-state index in [1.165, 1.54) is 24.3 Å². The van der Waals surface area contributed by atoms with Gasteiger partial charge in [0.05, 0.1) is 12.8 Å². The SMILES string of the molecule is CCOc1cnccn1.O=C(Nc1ccc(F)cc1)c1cccc(OC2=CC=CCC=C2)c1. The molecule has 2 aromatic carbocycles. The number of carbonyl (C=O) groups excluding carboxylic acids is 1. The van der Waals surface area contributed by atoms with Gasteiger partial charge in [-0.15, -0.1) is 0 Å². The number of aromatic nitrogens is 2. The van der Waals surface area contributed by atoms with Gasteiger partial charge in [-0.2, -0.15) is 0 Å². The zero-order chi connectivity index (χ0) is 23.3. The highest BCUT2D eigenvalue weighted by Crippen LogP contribution is 2.19. The molecular weight excluding hydrogens is 421 g/mol. The Balaban J connectivity index is 0.000000286. The summed E-state index contributed by atoms with van der Waals surface area (Å²) in [6.07, 6.45) is 15.4. The van der Waals surface area contributed by atoms with Crippen LogP contribution in [0.5, 0.6) is 11.6 Å². The Kier molecular flexibility index (Phi) is 8.91. The molecule has 4 rings (SSSR count). The van der Waals surface area contributed by atoms with E-state index in [1.807, 2.05) is 37.3 Å². The number of hydrogen-bond acceptors (Lipinski definition) is 5. The number of ether oxygens (including phenoxy) is 2. The molecule has 1 aromatic heterocycles. The molecule has 0 unspecified atom stereocenters. The van der Waals surface area contributed by atoms with Crippen LogP contribution in [0.1, 0.15) is 23.7 Å². The summed E-state index contributed by atoms with van der Waals surface area (Å²) >= 11 is 0. The third-order valence-electron chi connectivity index (χ3n) is 4.22. The number of carbonyl (C=O) groups is 1. The fourth-order valence-electron chi connectivity index (χ4n) is 2.71. The fourth-order valence-corrected chi connectivity index (χ4v) is 2.71. The predicted molar refractivity (Wildman–Crippen MR) is 126 cm³/mol. The van der Waals surface area contributed by atoms with Gasteiger partial charge in [-0.1, -0.05) is 24.3 Å². The number of amides is 1. The lowest BCUT2D eigenvalue weighted by atomic mass is 10.2. The third kappa shape index (κ3) is 8.06. The zero-order valence-electron chi connectivity index (χ0n) is 18.1. The van der Waals surface area contributed by atoms with Gasteiger partial charge in [0, 0.05) is 23.6 Å². The van der Waals surface area contributed by atoms with Crippen LogP contribution in [-0.4, -0.2) is 22.5 Å². The molecule has 1 heterocycles. The first-order chi connectivity index (χ1) is 16.1. The van der Waals surface area contributed by atoms with Gasteiger partial charge < -0.3 is 14.8 Å². The molecule has 6 nitrogen and oxygen atoms in total. The van der Waals surface area contributed by atoms with E-state index in [0.717, 1.165) is 6.42 Å². The lowest BCUT2D eigenvalue weighted by molar-refractivity contribution is 0.102. The topological polar surface area (TPSA) is 73.3 Å². The first kappa shape index (κ1) is 23.4. The minimum absolute atomic E-state index is 0.280. The summed E-state index contributed by atoms with van der Waals surface area (Å²) in [4.78, 5) is 20.0. The van der Waals surface area contributed by atoms with Crippen molar-refractivity contribution in [3.05, 3.63) is 115 Å². The molecule has 0 saturated carbocycles. The summed E-state index contributed by atoms with van der Waals surface area (Å²) in [5.41, 5.74) is 0.998. The van der Waals surface area contributed by atoms with E-state index in [1.54, 1.807) is 42.9 Å². The summed E-state index contributed by atoms with van der Waals surface area (Å²) in [7, 11) is 0. The first-order valence-electron chi connectivity index (χ1n) is 10.4. The van der Waals surface area contributed by atoms with Crippen molar-refractivity contribution in [1.82, 2.24) is 9.97 Å². The van der Waals surface area contributed by atoms with Crippen LogP contribution in [0.3, 0.4) is 0 Å². The quantitative estimate of drug-likeness (QED) is 0.524.